The number of nitrogens with zero attached hydrogens (tertiary/aromatic N) is 3. The standard InChI is InChI=1S/C19H20N4O3/c1-11(2)23-17-15(10-20-23)14(9-12(3)21-17)18(24)22-16(19(25)26)13-7-5-4-6-8-13/h4-11,16H,1-3H3,(H,22,24)(H,25,26)/t16-/m0/s1. The lowest BCUT2D eigenvalue weighted by Crippen LogP contribution is -2.33. The van der Waals surface area contributed by atoms with Crippen LogP contribution in [0.1, 0.15) is 47.5 Å². The highest BCUT2D eigenvalue weighted by Gasteiger charge is 2.24. The van der Waals surface area contributed by atoms with E-state index in [-0.39, 0.29) is 6.04 Å². The summed E-state index contributed by atoms with van der Waals surface area (Å²) in [7, 11) is 0. The number of hydrogen-bond acceptors (Lipinski definition) is 4. The maximum Gasteiger partial charge on any atom is 0.330 e. The number of hydrogen-bond donors (Lipinski definition) is 2. The van der Waals surface area contributed by atoms with Crippen LogP contribution < -0.4 is 5.32 Å². The van der Waals surface area contributed by atoms with E-state index in [0.29, 0.717) is 27.9 Å². The van der Waals surface area contributed by atoms with E-state index in [1.807, 2.05) is 13.8 Å². The van der Waals surface area contributed by atoms with Gasteiger partial charge in [-0.25, -0.2) is 14.5 Å². The van der Waals surface area contributed by atoms with Crippen LogP contribution in [-0.2, 0) is 4.79 Å². The van der Waals surface area contributed by atoms with Gasteiger partial charge < -0.3 is 10.4 Å². The largest absolute Gasteiger partial charge is 0.479 e. The van der Waals surface area contributed by atoms with Gasteiger partial charge in [-0.3, -0.25) is 4.79 Å². The Kier molecular flexibility index (Phi) is 4.71. The van der Waals surface area contributed by atoms with Crippen molar-refractivity contribution in [2.45, 2.75) is 32.9 Å². The van der Waals surface area contributed by atoms with Gasteiger partial charge in [-0.1, -0.05) is 30.3 Å². The molecule has 7 nitrogen and oxygen atoms in total. The number of carbonyl (C=O) groups is 2. The number of aryl methyl sites for hydroxylation is 1. The van der Waals surface area contributed by atoms with Crippen molar-refractivity contribution in [2.24, 2.45) is 0 Å². The number of nitrogens with one attached hydrogen (secondary N) is 1. The summed E-state index contributed by atoms with van der Waals surface area (Å²) in [6, 6.07) is 9.21. The lowest BCUT2D eigenvalue weighted by molar-refractivity contribution is -0.139. The average molecular weight is 352 g/mol. The van der Waals surface area contributed by atoms with Crippen molar-refractivity contribution in [2.75, 3.05) is 0 Å². The normalized spacial score (nSPS) is 12.3. The van der Waals surface area contributed by atoms with Gasteiger partial charge in [0.25, 0.3) is 5.91 Å². The molecular formula is C19H20N4O3. The Morgan fingerprint density at radius 3 is 2.50 bits per heavy atom. The van der Waals surface area contributed by atoms with Crippen molar-refractivity contribution in [3.05, 3.63) is 59.4 Å². The summed E-state index contributed by atoms with van der Waals surface area (Å²) in [5.41, 5.74) is 2.14. The van der Waals surface area contributed by atoms with Crippen LogP contribution in [-0.4, -0.2) is 31.7 Å². The molecule has 1 atom stereocenters. The number of carboxylic acid groups (broad SMARTS) is 1. The first-order chi connectivity index (χ1) is 12.4. The van der Waals surface area contributed by atoms with E-state index in [2.05, 4.69) is 15.4 Å². The molecule has 0 aliphatic carbocycles. The van der Waals surface area contributed by atoms with E-state index >= 15 is 0 Å². The lowest BCUT2D eigenvalue weighted by Gasteiger charge is -2.15. The third kappa shape index (κ3) is 3.28. The number of amides is 1. The topological polar surface area (TPSA) is 97.1 Å². The first-order valence-corrected chi connectivity index (χ1v) is 8.32. The molecule has 0 bridgehead atoms. The van der Waals surface area contributed by atoms with Crippen molar-refractivity contribution < 1.29 is 14.7 Å². The summed E-state index contributed by atoms with van der Waals surface area (Å²) < 4.78 is 1.74. The highest BCUT2D eigenvalue weighted by atomic mass is 16.4. The molecule has 1 amide bonds. The van der Waals surface area contributed by atoms with E-state index in [1.165, 1.54) is 0 Å². The SMILES string of the molecule is Cc1cc(C(=O)N[C@H](C(=O)O)c2ccccc2)c2cnn(C(C)C)c2n1. The van der Waals surface area contributed by atoms with Crippen LogP contribution in [0.3, 0.4) is 0 Å². The van der Waals surface area contributed by atoms with E-state index in [4.69, 9.17) is 0 Å². The fourth-order valence-corrected chi connectivity index (χ4v) is 2.85. The molecule has 0 saturated carbocycles. The molecule has 0 saturated heterocycles. The number of aliphatic carboxylic acids is 1. The maximum atomic E-state index is 12.8. The van der Waals surface area contributed by atoms with Crippen LogP contribution >= 0.6 is 0 Å². The summed E-state index contributed by atoms with van der Waals surface area (Å²) in [6.07, 6.45) is 1.59. The molecular weight excluding hydrogens is 332 g/mol. The third-order valence-corrected chi connectivity index (χ3v) is 4.08. The molecule has 0 radical (unpaired) electrons. The van der Waals surface area contributed by atoms with Crippen molar-refractivity contribution >= 4 is 22.9 Å². The van der Waals surface area contributed by atoms with Gasteiger partial charge >= 0.3 is 5.97 Å². The minimum absolute atomic E-state index is 0.0915. The van der Waals surface area contributed by atoms with E-state index in [0.717, 1.165) is 0 Å². The molecule has 26 heavy (non-hydrogen) atoms. The second kappa shape index (κ2) is 6.95. The molecule has 2 heterocycles. The molecule has 0 aliphatic rings. The molecule has 7 heteroatoms. The van der Waals surface area contributed by atoms with Gasteiger partial charge in [0.1, 0.15) is 0 Å². The molecule has 0 unspecified atom stereocenters. The zero-order valence-corrected chi connectivity index (χ0v) is 14.8. The van der Waals surface area contributed by atoms with Gasteiger partial charge in [-0.2, -0.15) is 5.10 Å². The smallest absolute Gasteiger partial charge is 0.330 e. The quantitative estimate of drug-likeness (QED) is 0.736. The highest BCUT2D eigenvalue weighted by Crippen LogP contribution is 2.22. The molecule has 0 spiro atoms. The fourth-order valence-electron chi connectivity index (χ4n) is 2.85. The van der Waals surface area contributed by atoms with Crippen LogP contribution in [0.15, 0.2) is 42.6 Å². The molecule has 2 aromatic heterocycles. The number of rotatable bonds is 5. The monoisotopic (exact) mass is 352 g/mol. The Balaban J connectivity index is 2.01. The summed E-state index contributed by atoms with van der Waals surface area (Å²) in [5.74, 6) is -1.59. The molecule has 0 fully saturated rings. The Morgan fingerprint density at radius 1 is 1.19 bits per heavy atom. The average Bonchev–Trinajstić information content (AvgIpc) is 3.03. The van der Waals surface area contributed by atoms with Gasteiger partial charge in [0, 0.05) is 11.7 Å². The Bertz CT molecular complexity index is 964. The van der Waals surface area contributed by atoms with E-state index < -0.39 is 17.9 Å². The van der Waals surface area contributed by atoms with E-state index in [9.17, 15) is 14.7 Å². The zero-order valence-electron chi connectivity index (χ0n) is 14.8. The van der Waals surface area contributed by atoms with Gasteiger partial charge in [-0.05, 0) is 32.4 Å². The van der Waals surface area contributed by atoms with Gasteiger partial charge in [0.05, 0.1) is 17.1 Å². The highest BCUT2D eigenvalue weighted by molar-refractivity contribution is 6.06. The Morgan fingerprint density at radius 2 is 1.88 bits per heavy atom. The summed E-state index contributed by atoms with van der Waals surface area (Å²) in [5, 5.41) is 17.0. The number of aromatic nitrogens is 3. The van der Waals surface area contributed by atoms with Crippen molar-refractivity contribution in [1.29, 1.82) is 0 Å². The predicted molar refractivity (Wildman–Crippen MR) is 96.9 cm³/mol. The maximum absolute atomic E-state index is 12.8. The summed E-state index contributed by atoms with van der Waals surface area (Å²) in [6.45, 7) is 5.75. The first kappa shape index (κ1) is 17.6. The molecule has 1 aromatic carbocycles. The molecule has 3 rings (SSSR count). The number of carboxylic acids is 1. The van der Waals surface area contributed by atoms with Crippen molar-refractivity contribution in [3.8, 4) is 0 Å². The van der Waals surface area contributed by atoms with Crippen LogP contribution in [0.2, 0.25) is 0 Å². The van der Waals surface area contributed by atoms with Gasteiger partial charge in [0.2, 0.25) is 0 Å². The van der Waals surface area contributed by atoms with Crippen LogP contribution in [0.4, 0.5) is 0 Å². The first-order valence-electron chi connectivity index (χ1n) is 8.32. The summed E-state index contributed by atoms with van der Waals surface area (Å²) >= 11 is 0. The third-order valence-electron chi connectivity index (χ3n) is 4.08. The lowest BCUT2D eigenvalue weighted by atomic mass is 10.1. The minimum Gasteiger partial charge on any atom is -0.479 e. The Hall–Kier alpha value is -3.22. The van der Waals surface area contributed by atoms with Crippen LogP contribution in [0.25, 0.3) is 11.0 Å². The second-order valence-electron chi connectivity index (χ2n) is 6.39. The van der Waals surface area contributed by atoms with Crippen LogP contribution in [0.5, 0.6) is 0 Å². The number of fused-ring (bicyclic) bond motifs is 1. The zero-order chi connectivity index (χ0) is 18.8. The van der Waals surface area contributed by atoms with Crippen molar-refractivity contribution in [3.63, 3.8) is 0 Å². The Labute approximate surface area is 150 Å². The minimum atomic E-state index is -1.13. The number of benzene rings is 1. The van der Waals surface area contributed by atoms with Crippen LogP contribution in [0, 0.1) is 6.92 Å². The van der Waals surface area contributed by atoms with Gasteiger partial charge in [-0.15, -0.1) is 0 Å². The molecule has 3 aromatic rings. The van der Waals surface area contributed by atoms with E-state index in [1.54, 1.807) is 54.2 Å². The molecule has 0 aliphatic heterocycles. The van der Waals surface area contributed by atoms with Gasteiger partial charge in [0.15, 0.2) is 11.7 Å². The number of carbonyl (C=O) groups excluding carboxylic acids is 1. The second-order valence-corrected chi connectivity index (χ2v) is 6.39. The fraction of sp³-hybridized carbons (Fsp3) is 0.263. The predicted octanol–water partition coefficient (Wildman–Crippen LogP) is 2.88. The molecule has 134 valence electrons. The molecule has 2 N–H and O–H groups in total. The number of pyridine rings is 1. The summed E-state index contributed by atoms with van der Waals surface area (Å²) in [4.78, 5) is 29.0. The van der Waals surface area contributed by atoms with Crippen molar-refractivity contribution in [1.82, 2.24) is 20.1 Å².